The van der Waals surface area contributed by atoms with Crippen LogP contribution in [-0.4, -0.2) is 24.8 Å². The van der Waals surface area contributed by atoms with Gasteiger partial charge in [-0.3, -0.25) is 0 Å². The molecule has 0 N–H and O–H groups in total. The minimum Gasteiger partial charge on any atom is -0.442 e. The van der Waals surface area contributed by atoms with E-state index in [9.17, 15) is 0 Å². The second-order valence-corrected chi connectivity index (χ2v) is 3.63. The number of nitrogens with zero attached hydrogens (tertiary/aromatic N) is 3. The summed E-state index contributed by atoms with van der Waals surface area (Å²) in [5.41, 5.74) is 1.39. The van der Waals surface area contributed by atoms with Gasteiger partial charge in [-0.05, 0) is 20.8 Å². The Morgan fingerprint density at radius 3 is 2.47 bits per heavy atom. The number of rotatable bonds is 1. The monoisotopic (exact) mass is 205 g/mol. The molecule has 1 heterocycles. The zero-order valence-electron chi connectivity index (χ0n) is 9.75. The molecule has 0 bridgehead atoms. The Bertz CT molecular complexity index is 435. The molecule has 0 fully saturated rings. The van der Waals surface area contributed by atoms with Crippen molar-refractivity contribution in [2.45, 2.75) is 20.8 Å². The predicted octanol–water partition coefficient (Wildman–Crippen LogP) is 2.38. The third kappa shape index (κ3) is 2.18. The molecular formula is C11H15N3O. The molecule has 0 radical (unpaired) electrons. The van der Waals surface area contributed by atoms with E-state index in [0.29, 0.717) is 11.4 Å². The minimum atomic E-state index is 0.402. The van der Waals surface area contributed by atoms with Crippen molar-refractivity contribution >= 4 is 11.7 Å². The molecular weight excluding hydrogens is 190 g/mol. The topological polar surface area (TPSA) is 52.5 Å². The van der Waals surface area contributed by atoms with Crippen LogP contribution < -0.4 is 0 Å². The van der Waals surface area contributed by atoms with E-state index in [1.165, 1.54) is 0 Å². The molecule has 0 aliphatic rings. The van der Waals surface area contributed by atoms with Gasteiger partial charge in [-0.15, -0.1) is 0 Å². The molecule has 0 amide bonds. The Morgan fingerprint density at radius 2 is 2.00 bits per heavy atom. The first-order valence-corrected chi connectivity index (χ1v) is 4.70. The first kappa shape index (κ1) is 11.3. The van der Waals surface area contributed by atoms with Crippen molar-refractivity contribution < 1.29 is 4.42 Å². The van der Waals surface area contributed by atoms with Crippen molar-refractivity contribution in [3.63, 3.8) is 0 Å². The fourth-order valence-electron chi connectivity index (χ4n) is 1.07. The molecule has 0 aliphatic heterocycles. The summed E-state index contributed by atoms with van der Waals surface area (Å²) in [4.78, 5) is 6.13. The largest absolute Gasteiger partial charge is 0.442 e. The highest BCUT2D eigenvalue weighted by molar-refractivity contribution is 5.82. The van der Waals surface area contributed by atoms with E-state index < -0.39 is 0 Å². The van der Waals surface area contributed by atoms with Gasteiger partial charge in [0.2, 0.25) is 5.88 Å². The maximum Gasteiger partial charge on any atom is 0.238 e. The molecule has 0 aliphatic carbocycles. The molecule has 1 aromatic rings. The molecule has 4 heteroatoms. The van der Waals surface area contributed by atoms with Crippen LogP contribution in [0.4, 0.5) is 5.88 Å². The standard InChI is InChI=1S/C11H15N3O/c1-7-8(2)15-11(10(7)6-12)13-9(3)14(4)5/h1-5H3/b13-9+. The summed E-state index contributed by atoms with van der Waals surface area (Å²) in [6.07, 6.45) is 0. The van der Waals surface area contributed by atoms with E-state index in [0.717, 1.165) is 17.2 Å². The Balaban J connectivity index is 3.23. The molecule has 0 atom stereocenters. The van der Waals surface area contributed by atoms with Crippen molar-refractivity contribution in [2.24, 2.45) is 4.99 Å². The van der Waals surface area contributed by atoms with Gasteiger partial charge in [0.25, 0.3) is 0 Å². The number of hydrogen-bond donors (Lipinski definition) is 0. The lowest BCUT2D eigenvalue weighted by Gasteiger charge is -2.09. The van der Waals surface area contributed by atoms with Crippen LogP contribution in [0.1, 0.15) is 23.8 Å². The fourth-order valence-corrected chi connectivity index (χ4v) is 1.07. The zero-order valence-corrected chi connectivity index (χ0v) is 9.75. The average Bonchev–Trinajstić information content (AvgIpc) is 2.42. The Hall–Kier alpha value is -1.76. The van der Waals surface area contributed by atoms with Gasteiger partial charge in [0.1, 0.15) is 23.2 Å². The minimum absolute atomic E-state index is 0.402. The van der Waals surface area contributed by atoms with E-state index in [-0.39, 0.29) is 0 Å². The molecule has 1 aromatic heterocycles. The first-order chi connectivity index (χ1) is 6.97. The quantitative estimate of drug-likeness (QED) is 0.522. The highest BCUT2D eigenvalue weighted by Gasteiger charge is 2.13. The van der Waals surface area contributed by atoms with Gasteiger partial charge >= 0.3 is 0 Å². The maximum atomic E-state index is 8.97. The Morgan fingerprint density at radius 1 is 1.40 bits per heavy atom. The molecule has 0 spiro atoms. The summed E-state index contributed by atoms with van der Waals surface area (Å²) in [6.45, 7) is 5.57. The van der Waals surface area contributed by atoms with E-state index in [1.54, 1.807) is 0 Å². The Labute approximate surface area is 89.8 Å². The third-order valence-electron chi connectivity index (χ3n) is 2.39. The van der Waals surface area contributed by atoms with Crippen molar-refractivity contribution in [2.75, 3.05) is 14.1 Å². The lowest BCUT2D eigenvalue weighted by Crippen LogP contribution is -2.17. The van der Waals surface area contributed by atoms with Crippen molar-refractivity contribution in [3.05, 3.63) is 16.9 Å². The van der Waals surface area contributed by atoms with Gasteiger partial charge < -0.3 is 9.32 Å². The van der Waals surface area contributed by atoms with Crippen molar-refractivity contribution in [3.8, 4) is 6.07 Å². The van der Waals surface area contributed by atoms with Crippen LogP contribution in [0, 0.1) is 25.2 Å². The summed E-state index contributed by atoms with van der Waals surface area (Å²) in [5, 5.41) is 8.97. The van der Waals surface area contributed by atoms with Crippen LogP contribution in [-0.2, 0) is 0 Å². The summed E-state index contributed by atoms with van der Waals surface area (Å²) < 4.78 is 5.42. The van der Waals surface area contributed by atoms with Crippen LogP contribution in [0.3, 0.4) is 0 Å². The SMILES string of the molecule is C/C(=N\c1oc(C)c(C)c1C#N)N(C)C. The number of hydrogen-bond acceptors (Lipinski definition) is 3. The molecule has 1 rings (SSSR count). The second-order valence-electron chi connectivity index (χ2n) is 3.63. The molecule has 4 nitrogen and oxygen atoms in total. The number of furan rings is 1. The fraction of sp³-hybridized carbons (Fsp3) is 0.455. The van der Waals surface area contributed by atoms with Crippen LogP contribution in [0.15, 0.2) is 9.41 Å². The Kier molecular flexibility index (Phi) is 3.15. The molecule has 0 saturated heterocycles. The highest BCUT2D eigenvalue weighted by Crippen LogP contribution is 2.28. The number of nitriles is 1. The van der Waals surface area contributed by atoms with Crippen LogP contribution >= 0.6 is 0 Å². The lowest BCUT2D eigenvalue weighted by atomic mass is 10.2. The zero-order chi connectivity index (χ0) is 11.6. The summed E-state index contributed by atoms with van der Waals surface area (Å²) in [7, 11) is 3.79. The summed E-state index contributed by atoms with van der Waals surface area (Å²) in [5.74, 6) is 1.95. The smallest absolute Gasteiger partial charge is 0.238 e. The summed E-state index contributed by atoms with van der Waals surface area (Å²) in [6, 6.07) is 2.11. The van der Waals surface area contributed by atoms with Gasteiger partial charge in [-0.25, -0.2) is 0 Å². The number of aryl methyl sites for hydroxylation is 1. The molecule has 0 aromatic carbocycles. The third-order valence-corrected chi connectivity index (χ3v) is 2.39. The van der Waals surface area contributed by atoms with E-state index in [2.05, 4.69) is 11.1 Å². The predicted molar refractivity (Wildman–Crippen MR) is 59.4 cm³/mol. The van der Waals surface area contributed by atoms with Gasteiger partial charge in [-0.2, -0.15) is 10.3 Å². The van der Waals surface area contributed by atoms with Gasteiger partial charge in [0, 0.05) is 19.7 Å². The van der Waals surface area contributed by atoms with Crippen molar-refractivity contribution in [1.29, 1.82) is 5.26 Å². The van der Waals surface area contributed by atoms with E-state index in [1.807, 2.05) is 39.8 Å². The molecule has 0 unspecified atom stereocenters. The maximum absolute atomic E-state index is 8.97. The highest BCUT2D eigenvalue weighted by atomic mass is 16.4. The van der Waals surface area contributed by atoms with Crippen LogP contribution in [0.5, 0.6) is 0 Å². The normalized spacial score (nSPS) is 11.3. The summed E-state index contributed by atoms with van der Waals surface area (Å²) >= 11 is 0. The van der Waals surface area contributed by atoms with Gasteiger partial charge in [-0.1, -0.05) is 0 Å². The van der Waals surface area contributed by atoms with Gasteiger partial charge in [0.05, 0.1) is 0 Å². The van der Waals surface area contributed by atoms with Crippen LogP contribution in [0.25, 0.3) is 0 Å². The van der Waals surface area contributed by atoms with E-state index >= 15 is 0 Å². The lowest BCUT2D eigenvalue weighted by molar-refractivity contribution is 0.537. The molecule has 15 heavy (non-hydrogen) atoms. The van der Waals surface area contributed by atoms with E-state index in [4.69, 9.17) is 9.68 Å². The number of amidine groups is 1. The number of aliphatic imine (C=N–C) groups is 1. The molecule has 80 valence electrons. The molecule has 0 saturated carbocycles. The van der Waals surface area contributed by atoms with Gasteiger partial charge in [0.15, 0.2) is 0 Å². The van der Waals surface area contributed by atoms with Crippen molar-refractivity contribution in [1.82, 2.24) is 4.90 Å². The second kappa shape index (κ2) is 4.18. The van der Waals surface area contributed by atoms with Crippen LogP contribution in [0.2, 0.25) is 0 Å². The average molecular weight is 205 g/mol. The first-order valence-electron chi connectivity index (χ1n) is 4.70.